The van der Waals surface area contributed by atoms with Gasteiger partial charge in [-0.05, 0) is 42.2 Å². The van der Waals surface area contributed by atoms with Gasteiger partial charge in [0.05, 0.1) is 11.8 Å². The Morgan fingerprint density at radius 1 is 1.11 bits per heavy atom. The van der Waals surface area contributed by atoms with Crippen molar-refractivity contribution >= 4 is 22.8 Å². The summed E-state index contributed by atoms with van der Waals surface area (Å²) in [4.78, 5) is 29.6. The number of nitrogens with one attached hydrogen (secondary N) is 1. The summed E-state index contributed by atoms with van der Waals surface area (Å²) in [5.74, 6) is -1.26. The van der Waals surface area contributed by atoms with E-state index in [-0.39, 0.29) is 18.1 Å². The van der Waals surface area contributed by atoms with Gasteiger partial charge >= 0.3 is 5.97 Å². The van der Waals surface area contributed by atoms with E-state index in [1.165, 1.54) is 12.1 Å². The number of aliphatic carboxylic acids is 1. The number of amides is 1. The van der Waals surface area contributed by atoms with Crippen LogP contribution in [-0.4, -0.2) is 40.0 Å². The van der Waals surface area contributed by atoms with Crippen molar-refractivity contribution in [3.8, 4) is 0 Å². The highest BCUT2D eigenvalue weighted by Crippen LogP contribution is 2.36. The van der Waals surface area contributed by atoms with Crippen LogP contribution < -0.4 is 0 Å². The van der Waals surface area contributed by atoms with Crippen LogP contribution in [0.2, 0.25) is 0 Å². The van der Waals surface area contributed by atoms with Crippen LogP contribution in [0, 0.1) is 5.82 Å². The molecule has 1 saturated heterocycles. The number of benzene rings is 2. The molecule has 0 unspecified atom stereocenters. The summed E-state index contributed by atoms with van der Waals surface area (Å²) in [6.07, 6.45) is 2.65. The number of rotatable bonds is 4. The molecule has 2 heterocycles. The number of aromatic nitrogens is 1. The second-order valence-electron chi connectivity index (χ2n) is 7.31. The quantitative estimate of drug-likeness (QED) is 0.728. The van der Waals surface area contributed by atoms with E-state index in [2.05, 4.69) is 4.98 Å². The first kappa shape index (κ1) is 18.2. The number of likely N-dealkylation sites (tertiary alicyclic amines) is 1. The Hall–Kier alpha value is -3.15. The zero-order valence-electron chi connectivity index (χ0n) is 15.3. The highest BCUT2D eigenvalue weighted by atomic mass is 19.1. The van der Waals surface area contributed by atoms with Gasteiger partial charge in [0.15, 0.2) is 0 Å². The number of hydrogen-bond acceptors (Lipinski definition) is 2. The van der Waals surface area contributed by atoms with E-state index in [1.54, 1.807) is 17.2 Å². The van der Waals surface area contributed by atoms with Gasteiger partial charge in [0, 0.05) is 30.2 Å². The third-order valence-electron chi connectivity index (χ3n) is 5.78. The summed E-state index contributed by atoms with van der Waals surface area (Å²) in [6.45, 7) is 0.771. The van der Waals surface area contributed by atoms with Crippen LogP contribution in [0.5, 0.6) is 0 Å². The highest BCUT2D eigenvalue weighted by Gasteiger charge is 2.43. The van der Waals surface area contributed by atoms with E-state index in [0.29, 0.717) is 31.3 Å². The SMILES string of the molecule is O=C(Cc1c[nH]c2ccc(F)cc12)N1CCC(C(=O)O)(c2ccccc2)CC1. The summed E-state index contributed by atoms with van der Waals surface area (Å²) >= 11 is 0. The lowest BCUT2D eigenvalue weighted by Gasteiger charge is -2.39. The summed E-state index contributed by atoms with van der Waals surface area (Å²) in [7, 11) is 0. The minimum atomic E-state index is -0.956. The van der Waals surface area contributed by atoms with Gasteiger partial charge in [-0.1, -0.05) is 30.3 Å². The second kappa shape index (κ2) is 7.11. The minimum absolute atomic E-state index is 0.0720. The molecule has 144 valence electrons. The molecule has 6 heteroatoms. The van der Waals surface area contributed by atoms with Crippen molar-refractivity contribution in [1.82, 2.24) is 9.88 Å². The van der Waals surface area contributed by atoms with Crippen molar-refractivity contribution in [2.45, 2.75) is 24.7 Å². The van der Waals surface area contributed by atoms with Crippen molar-refractivity contribution in [2.24, 2.45) is 0 Å². The number of aromatic amines is 1. The maximum absolute atomic E-state index is 13.5. The molecule has 0 spiro atoms. The van der Waals surface area contributed by atoms with Crippen LogP contribution in [0.15, 0.2) is 54.7 Å². The van der Waals surface area contributed by atoms with Gasteiger partial charge in [-0.3, -0.25) is 9.59 Å². The van der Waals surface area contributed by atoms with Crippen LogP contribution in [0.1, 0.15) is 24.0 Å². The minimum Gasteiger partial charge on any atom is -0.481 e. The Morgan fingerprint density at radius 2 is 1.82 bits per heavy atom. The van der Waals surface area contributed by atoms with Crippen molar-refractivity contribution in [3.63, 3.8) is 0 Å². The second-order valence-corrected chi connectivity index (χ2v) is 7.31. The summed E-state index contributed by atoms with van der Waals surface area (Å²) in [5, 5.41) is 10.6. The predicted octanol–water partition coefficient (Wildman–Crippen LogP) is 3.49. The van der Waals surface area contributed by atoms with E-state index in [4.69, 9.17) is 0 Å². The van der Waals surface area contributed by atoms with Crippen molar-refractivity contribution < 1.29 is 19.1 Å². The summed E-state index contributed by atoms with van der Waals surface area (Å²) in [5.41, 5.74) is 1.36. The van der Waals surface area contributed by atoms with Crippen LogP contribution in [-0.2, 0) is 21.4 Å². The molecule has 5 nitrogen and oxygen atoms in total. The Bertz CT molecular complexity index is 1020. The van der Waals surface area contributed by atoms with Crippen molar-refractivity contribution in [1.29, 1.82) is 0 Å². The van der Waals surface area contributed by atoms with Gasteiger partial charge < -0.3 is 15.0 Å². The monoisotopic (exact) mass is 380 g/mol. The first-order valence-electron chi connectivity index (χ1n) is 9.32. The molecule has 1 amide bonds. The number of carboxylic acids is 1. The van der Waals surface area contributed by atoms with Gasteiger partial charge in [-0.25, -0.2) is 4.39 Å². The van der Waals surface area contributed by atoms with Gasteiger partial charge in [-0.15, -0.1) is 0 Å². The molecule has 4 rings (SSSR count). The number of halogens is 1. The van der Waals surface area contributed by atoms with Crippen LogP contribution in [0.25, 0.3) is 10.9 Å². The van der Waals surface area contributed by atoms with E-state index in [9.17, 15) is 19.1 Å². The fraction of sp³-hybridized carbons (Fsp3) is 0.273. The van der Waals surface area contributed by atoms with Crippen molar-refractivity contribution in [3.05, 3.63) is 71.7 Å². The lowest BCUT2D eigenvalue weighted by atomic mass is 9.73. The molecule has 2 N–H and O–H groups in total. The molecule has 1 aromatic heterocycles. The van der Waals surface area contributed by atoms with Gasteiger partial charge in [0.2, 0.25) is 5.91 Å². The molecule has 0 radical (unpaired) electrons. The van der Waals surface area contributed by atoms with E-state index in [1.807, 2.05) is 30.3 Å². The summed E-state index contributed by atoms with van der Waals surface area (Å²) in [6, 6.07) is 13.7. The molecule has 3 aromatic rings. The molecular formula is C22H21FN2O3. The first-order chi connectivity index (χ1) is 13.5. The maximum Gasteiger partial charge on any atom is 0.314 e. The molecule has 28 heavy (non-hydrogen) atoms. The van der Waals surface area contributed by atoms with Gasteiger partial charge in [0.1, 0.15) is 5.82 Å². The lowest BCUT2D eigenvalue weighted by molar-refractivity contribution is -0.148. The molecule has 1 aliphatic rings. The number of carbonyl (C=O) groups excluding carboxylic acids is 1. The third-order valence-corrected chi connectivity index (χ3v) is 5.78. The fourth-order valence-electron chi connectivity index (χ4n) is 4.09. The predicted molar refractivity (Wildman–Crippen MR) is 104 cm³/mol. The molecule has 1 aliphatic heterocycles. The molecule has 0 bridgehead atoms. The van der Waals surface area contributed by atoms with Crippen LogP contribution in [0.3, 0.4) is 0 Å². The number of carboxylic acid groups (broad SMARTS) is 1. The van der Waals surface area contributed by atoms with Crippen LogP contribution in [0.4, 0.5) is 4.39 Å². The molecule has 1 fully saturated rings. The Labute approximate surface area is 161 Å². The zero-order valence-corrected chi connectivity index (χ0v) is 15.3. The third kappa shape index (κ3) is 3.15. The van der Waals surface area contributed by atoms with Gasteiger partial charge in [0.25, 0.3) is 0 Å². The van der Waals surface area contributed by atoms with Crippen molar-refractivity contribution in [2.75, 3.05) is 13.1 Å². The van der Waals surface area contributed by atoms with E-state index < -0.39 is 11.4 Å². The molecule has 0 aliphatic carbocycles. The van der Waals surface area contributed by atoms with Crippen LogP contribution >= 0.6 is 0 Å². The Morgan fingerprint density at radius 3 is 2.50 bits per heavy atom. The number of piperidine rings is 1. The average Bonchev–Trinajstić information content (AvgIpc) is 3.10. The first-order valence-corrected chi connectivity index (χ1v) is 9.32. The Balaban J connectivity index is 1.49. The maximum atomic E-state index is 13.5. The smallest absolute Gasteiger partial charge is 0.314 e. The molecule has 0 saturated carbocycles. The normalized spacial score (nSPS) is 16.2. The number of nitrogens with zero attached hydrogens (tertiary/aromatic N) is 1. The Kier molecular flexibility index (Phi) is 4.63. The largest absolute Gasteiger partial charge is 0.481 e. The molecule has 2 aromatic carbocycles. The highest BCUT2D eigenvalue weighted by molar-refractivity contribution is 5.89. The number of H-pyrrole nitrogens is 1. The number of fused-ring (bicyclic) bond motifs is 1. The zero-order chi connectivity index (χ0) is 19.7. The van der Waals surface area contributed by atoms with E-state index in [0.717, 1.165) is 16.6 Å². The topological polar surface area (TPSA) is 73.4 Å². The summed E-state index contributed by atoms with van der Waals surface area (Å²) < 4.78 is 13.5. The standard InChI is InChI=1S/C22H21FN2O3/c23-17-6-7-19-18(13-17)15(14-24-19)12-20(26)25-10-8-22(9-11-25,21(27)28)16-4-2-1-3-5-16/h1-7,13-14,24H,8-12H2,(H,27,28). The number of carbonyl (C=O) groups is 2. The van der Waals surface area contributed by atoms with Gasteiger partial charge in [-0.2, -0.15) is 0 Å². The molecular weight excluding hydrogens is 359 g/mol. The lowest BCUT2D eigenvalue weighted by Crippen LogP contribution is -2.49. The molecule has 0 atom stereocenters. The fourth-order valence-corrected chi connectivity index (χ4v) is 4.09. The van der Waals surface area contributed by atoms with E-state index >= 15 is 0 Å². The number of hydrogen-bond donors (Lipinski definition) is 2. The average molecular weight is 380 g/mol.